The van der Waals surface area contributed by atoms with Crippen LogP contribution in [-0.4, -0.2) is 61.2 Å². The highest BCUT2D eigenvalue weighted by Gasteiger charge is 2.23. The third kappa shape index (κ3) is 4.73. The number of hydrogen-bond acceptors (Lipinski definition) is 9. The van der Waals surface area contributed by atoms with Crippen molar-refractivity contribution in [1.82, 2.24) is 34.6 Å². The summed E-state index contributed by atoms with van der Waals surface area (Å²) in [5.74, 6) is 0.201. The first kappa shape index (κ1) is 22.5. The van der Waals surface area contributed by atoms with Crippen molar-refractivity contribution in [2.45, 2.75) is 18.9 Å². The molecule has 0 radical (unpaired) electrons. The molecule has 0 aliphatic carbocycles. The summed E-state index contributed by atoms with van der Waals surface area (Å²) in [6, 6.07) is 5.32. The Balaban J connectivity index is 1.61. The fourth-order valence-electron chi connectivity index (χ4n) is 3.51. The first-order chi connectivity index (χ1) is 16.0. The molecule has 1 unspecified atom stereocenters. The summed E-state index contributed by atoms with van der Waals surface area (Å²) < 4.78 is 12.4. The zero-order chi connectivity index (χ0) is 23.4. The van der Waals surface area contributed by atoms with E-state index in [-0.39, 0.29) is 35.9 Å². The van der Waals surface area contributed by atoms with Crippen LogP contribution < -0.4 is 0 Å². The largest absolute Gasteiger partial charge is 0.382 e. The van der Waals surface area contributed by atoms with Crippen molar-refractivity contribution < 1.29 is 14.3 Å². The molecular weight excluding hydrogens is 448 g/mol. The lowest BCUT2D eigenvalue weighted by molar-refractivity contribution is -0.117. The minimum atomic E-state index is -0.480. The molecule has 0 amide bonds. The third-order valence-corrected chi connectivity index (χ3v) is 5.10. The quantitative estimate of drug-likeness (QED) is 0.362. The first-order valence-corrected chi connectivity index (χ1v) is 10.2. The molecule has 4 aromatic heterocycles. The van der Waals surface area contributed by atoms with Gasteiger partial charge in [0, 0.05) is 51.1 Å². The summed E-state index contributed by atoms with van der Waals surface area (Å²) in [5, 5.41) is 22.0. The molecule has 0 saturated carbocycles. The minimum absolute atomic E-state index is 0.0731. The van der Waals surface area contributed by atoms with Gasteiger partial charge in [0.2, 0.25) is 0 Å². The van der Waals surface area contributed by atoms with Gasteiger partial charge in [-0.05, 0) is 11.6 Å². The van der Waals surface area contributed by atoms with Gasteiger partial charge in [0.05, 0.1) is 30.3 Å². The molecule has 0 saturated heterocycles. The van der Waals surface area contributed by atoms with Crippen LogP contribution >= 0.6 is 11.6 Å². The number of fused-ring (bicyclic) bond motifs is 1. The third-order valence-electron chi connectivity index (χ3n) is 4.92. The highest BCUT2D eigenvalue weighted by atomic mass is 35.5. The fourth-order valence-corrected chi connectivity index (χ4v) is 3.69. The van der Waals surface area contributed by atoms with Crippen molar-refractivity contribution in [1.29, 1.82) is 5.26 Å². The van der Waals surface area contributed by atoms with Crippen LogP contribution in [0.1, 0.15) is 28.5 Å². The molecule has 4 aromatic rings. The Morgan fingerprint density at radius 2 is 1.97 bits per heavy atom. The predicted octanol–water partition coefficient (Wildman–Crippen LogP) is 1.92. The predicted molar refractivity (Wildman–Crippen MR) is 116 cm³/mol. The maximum absolute atomic E-state index is 13.0. The van der Waals surface area contributed by atoms with Crippen molar-refractivity contribution in [2.75, 3.05) is 20.8 Å². The average Bonchev–Trinajstić information content (AvgIpc) is 3.47. The Labute approximate surface area is 193 Å². The van der Waals surface area contributed by atoms with Crippen LogP contribution in [-0.2, 0) is 27.1 Å². The van der Waals surface area contributed by atoms with Gasteiger partial charge in [0.25, 0.3) is 0 Å². The van der Waals surface area contributed by atoms with Gasteiger partial charge in [-0.25, -0.2) is 14.5 Å². The zero-order valence-electron chi connectivity index (χ0n) is 17.8. The van der Waals surface area contributed by atoms with Crippen molar-refractivity contribution >= 4 is 23.0 Å². The Morgan fingerprint density at radius 3 is 2.67 bits per heavy atom. The Hall–Kier alpha value is -3.72. The number of methoxy groups -OCH3 is 2. The lowest BCUT2D eigenvalue weighted by Gasteiger charge is -2.19. The lowest BCUT2D eigenvalue weighted by Crippen LogP contribution is -2.19. The Bertz CT molecular complexity index is 1330. The summed E-state index contributed by atoms with van der Waals surface area (Å²) in [5.41, 5.74) is 2.69. The molecular formula is C21H19ClN8O3. The summed E-state index contributed by atoms with van der Waals surface area (Å²) in [6.07, 6.45) is 5.81. The number of Topliss-reactive ketones (excluding diaryl/α,β-unsaturated/α-hetero) is 1. The van der Waals surface area contributed by atoms with Crippen LogP contribution in [0.4, 0.5) is 0 Å². The number of carbonyl (C=O) groups excluding carboxylic acids is 1. The van der Waals surface area contributed by atoms with Gasteiger partial charge < -0.3 is 9.47 Å². The van der Waals surface area contributed by atoms with E-state index in [0.717, 1.165) is 0 Å². The smallest absolute Gasteiger partial charge is 0.192 e. The monoisotopic (exact) mass is 466 g/mol. The maximum Gasteiger partial charge on any atom is 0.192 e. The molecule has 0 N–H and O–H groups in total. The number of nitriles is 1. The molecule has 11 nitrogen and oxygen atoms in total. The second-order valence-corrected chi connectivity index (χ2v) is 7.51. The number of ether oxygens (including phenoxy) is 2. The number of carbonyl (C=O) groups is 1. The molecule has 0 spiro atoms. The van der Waals surface area contributed by atoms with Crippen molar-refractivity contribution in [3.05, 3.63) is 64.5 Å². The van der Waals surface area contributed by atoms with E-state index in [9.17, 15) is 10.1 Å². The molecule has 0 aliphatic rings. The second-order valence-electron chi connectivity index (χ2n) is 7.12. The molecule has 0 bridgehead atoms. The molecule has 168 valence electrons. The normalized spacial score (nSPS) is 12.1. The molecule has 0 fully saturated rings. The molecule has 0 aliphatic heterocycles. The van der Waals surface area contributed by atoms with Crippen molar-refractivity contribution in [3.8, 4) is 11.9 Å². The molecule has 0 aromatic carbocycles. The van der Waals surface area contributed by atoms with E-state index in [1.54, 1.807) is 37.1 Å². The molecule has 12 heteroatoms. The number of pyridine rings is 1. The summed E-state index contributed by atoms with van der Waals surface area (Å²) in [6.45, 7) is 0.257. The standard InChI is InChI=1S/C21H19ClN8O3/c1-32-12-17(33-2)20-15(11-24-19-8-18(22)28-29(19)20)7-16(31)6-13-5-14(9-23)21(25-10-13)30-26-3-4-27-30/h3-5,8,10-11,17H,6-7,12H2,1-2H3. The van der Waals surface area contributed by atoms with Crippen LogP contribution in [0.5, 0.6) is 0 Å². The molecule has 1 atom stereocenters. The topological polar surface area (TPSA) is 133 Å². The first-order valence-electron chi connectivity index (χ1n) is 9.86. The highest BCUT2D eigenvalue weighted by molar-refractivity contribution is 6.29. The van der Waals surface area contributed by atoms with E-state index in [1.807, 2.05) is 0 Å². The summed E-state index contributed by atoms with van der Waals surface area (Å²) in [4.78, 5) is 22.8. The van der Waals surface area contributed by atoms with Crippen molar-refractivity contribution in [3.63, 3.8) is 0 Å². The van der Waals surface area contributed by atoms with E-state index >= 15 is 0 Å². The molecule has 33 heavy (non-hydrogen) atoms. The van der Waals surface area contributed by atoms with Crippen LogP contribution in [0.2, 0.25) is 5.15 Å². The van der Waals surface area contributed by atoms with Gasteiger partial charge in [-0.2, -0.15) is 20.6 Å². The van der Waals surface area contributed by atoms with Crippen LogP contribution in [0.25, 0.3) is 11.5 Å². The van der Waals surface area contributed by atoms with Gasteiger partial charge >= 0.3 is 0 Å². The van der Waals surface area contributed by atoms with E-state index in [1.165, 1.54) is 23.4 Å². The van der Waals surface area contributed by atoms with Gasteiger partial charge in [0.1, 0.15) is 18.0 Å². The SMILES string of the molecule is COCC(OC)c1c(CC(=O)Cc2cnc(-n3nccn3)c(C#N)c2)cnc2cc(Cl)nn12. The minimum Gasteiger partial charge on any atom is -0.382 e. The Morgan fingerprint density at radius 1 is 1.18 bits per heavy atom. The van der Waals surface area contributed by atoms with Gasteiger partial charge in [-0.3, -0.25) is 4.79 Å². The fraction of sp³-hybridized carbons (Fsp3) is 0.286. The van der Waals surface area contributed by atoms with Gasteiger partial charge in [0.15, 0.2) is 16.6 Å². The average molecular weight is 467 g/mol. The second kappa shape index (κ2) is 9.83. The Kier molecular flexibility index (Phi) is 6.69. The van der Waals surface area contributed by atoms with E-state index in [0.29, 0.717) is 28.3 Å². The lowest BCUT2D eigenvalue weighted by atomic mass is 10.0. The van der Waals surface area contributed by atoms with E-state index in [2.05, 4.69) is 31.3 Å². The zero-order valence-corrected chi connectivity index (χ0v) is 18.6. The molecule has 4 rings (SSSR count). The summed E-state index contributed by atoms with van der Waals surface area (Å²) in [7, 11) is 3.12. The van der Waals surface area contributed by atoms with Gasteiger partial charge in [-0.15, -0.1) is 4.80 Å². The number of hydrogen-bond donors (Lipinski definition) is 0. The number of rotatable bonds is 9. The highest BCUT2D eigenvalue weighted by Crippen LogP contribution is 2.24. The number of halogens is 1. The van der Waals surface area contributed by atoms with Crippen LogP contribution in [0.3, 0.4) is 0 Å². The van der Waals surface area contributed by atoms with Crippen molar-refractivity contribution in [2.24, 2.45) is 0 Å². The number of aromatic nitrogens is 7. The van der Waals surface area contributed by atoms with E-state index < -0.39 is 6.10 Å². The molecule has 4 heterocycles. The van der Waals surface area contributed by atoms with E-state index in [4.69, 9.17) is 21.1 Å². The number of nitrogens with zero attached hydrogens (tertiary/aromatic N) is 8. The van der Waals surface area contributed by atoms with Gasteiger partial charge in [-0.1, -0.05) is 11.6 Å². The van der Waals surface area contributed by atoms with Crippen LogP contribution in [0.15, 0.2) is 36.9 Å². The number of ketones is 1. The van der Waals surface area contributed by atoms with Crippen LogP contribution in [0, 0.1) is 11.3 Å². The maximum atomic E-state index is 13.0. The summed E-state index contributed by atoms with van der Waals surface area (Å²) >= 11 is 6.07.